The van der Waals surface area contributed by atoms with Gasteiger partial charge in [0.15, 0.2) is 0 Å². The summed E-state index contributed by atoms with van der Waals surface area (Å²) < 4.78 is 6.16. The van der Waals surface area contributed by atoms with Crippen LogP contribution in [0.3, 0.4) is 0 Å². The Morgan fingerprint density at radius 2 is 1.73 bits per heavy atom. The van der Waals surface area contributed by atoms with Crippen molar-refractivity contribution < 1.29 is 14.3 Å². The van der Waals surface area contributed by atoms with Crippen molar-refractivity contribution in [3.05, 3.63) is 108 Å². The fraction of sp³-hybridized carbons (Fsp3) is 0.167. The van der Waals surface area contributed by atoms with E-state index in [1.807, 2.05) is 84.9 Å². The second-order valence-corrected chi connectivity index (χ2v) is 8.90. The minimum absolute atomic E-state index is 0.0262. The lowest BCUT2D eigenvalue weighted by atomic mass is 9.95. The lowest BCUT2D eigenvalue weighted by molar-refractivity contribution is -0.115. The van der Waals surface area contributed by atoms with E-state index in [2.05, 4.69) is 20.5 Å². The van der Waals surface area contributed by atoms with Crippen LogP contribution < -0.4 is 20.3 Å². The zero-order chi connectivity index (χ0) is 25.6. The van der Waals surface area contributed by atoms with Gasteiger partial charge in [-0.25, -0.2) is 0 Å². The first-order chi connectivity index (χ1) is 18.1. The average Bonchev–Trinajstić information content (AvgIpc) is 2.91. The number of rotatable bonds is 8. The highest BCUT2D eigenvalue weighted by Crippen LogP contribution is 2.37. The van der Waals surface area contributed by atoms with Gasteiger partial charge in [-0.2, -0.15) is 0 Å². The molecular weight excluding hydrogens is 464 g/mol. The molecule has 7 nitrogen and oxygen atoms in total. The summed E-state index contributed by atoms with van der Waals surface area (Å²) in [6.07, 6.45) is 3.68. The number of aromatic nitrogens is 1. The number of ether oxygens (including phenoxy) is 1. The molecule has 186 valence electrons. The maximum Gasteiger partial charge on any atom is 0.251 e. The number of nitrogens with zero attached hydrogens (tertiary/aromatic N) is 2. The van der Waals surface area contributed by atoms with Crippen LogP contribution in [0.15, 0.2) is 97.3 Å². The van der Waals surface area contributed by atoms with Crippen LogP contribution in [-0.4, -0.2) is 43.0 Å². The van der Waals surface area contributed by atoms with E-state index in [1.54, 1.807) is 19.4 Å². The Labute approximate surface area is 216 Å². The van der Waals surface area contributed by atoms with Gasteiger partial charge in [-0.15, -0.1) is 0 Å². The molecule has 7 heteroatoms. The predicted octanol–water partition coefficient (Wildman–Crippen LogP) is 4.56. The molecule has 0 spiro atoms. The summed E-state index contributed by atoms with van der Waals surface area (Å²) in [4.78, 5) is 31.2. The number of carbonyl (C=O) groups is 2. The second kappa shape index (κ2) is 11.0. The van der Waals surface area contributed by atoms with Crippen molar-refractivity contribution in [3.8, 4) is 16.9 Å². The highest BCUT2D eigenvalue weighted by molar-refractivity contribution is 6.04. The molecule has 3 aromatic carbocycles. The van der Waals surface area contributed by atoms with Gasteiger partial charge >= 0.3 is 0 Å². The van der Waals surface area contributed by atoms with Crippen molar-refractivity contribution in [2.45, 2.75) is 12.5 Å². The molecule has 1 saturated heterocycles. The van der Waals surface area contributed by atoms with Crippen LogP contribution in [0.25, 0.3) is 11.1 Å². The van der Waals surface area contributed by atoms with Crippen LogP contribution in [0.5, 0.6) is 5.75 Å². The van der Waals surface area contributed by atoms with Gasteiger partial charge in [0.2, 0.25) is 5.91 Å². The Bertz CT molecular complexity index is 1370. The van der Waals surface area contributed by atoms with E-state index in [4.69, 9.17) is 4.74 Å². The Kier molecular flexibility index (Phi) is 7.12. The molecule has 1 aliphatic rings. The number of benzene rings is 3. The number of nitrogens with one attached hydrogen (secondary N) is 2. The summed E-state index contributed by atoms with van der Waals surface area (Å²) in [5.74, 6) is 0.545. The average molecular weight is 493 g/mol. The van der Waals surface area contributed by atoms with Crippen molar-refractivity contribution in [1.82, 2.24) is 10.3 Å². The zero-order valence-electron chi connectivity index (χ0n) is 20.6. The van der Waals surface area contributed by atoms with E-state index < -0.39 is 0 Å². The van der Waals surface area contributed by atoms with E-state index in [0.717, 1.165) is 33.8 Å². The van der Waals surface area contributed by atoms with E-state index in [9.17, 15) is 9.59 Å². The molecule has 2 amide bonds. The lowest BCUT2D eigenvalue weighted by Gasteiger charge is -2.42. The predicted molar refractivity (Wildman–Crippen MR) is 145 cm³/mol. The first-order valence-corrected chi connectivity index (χ1v) is 12.2. The van der Waals surface area contributed by atoms with Gasteiger partial charge in [-0.3, -0.25) is 14.6 Å². The molecule has 1 aromatic heterocycles. The molecule has 0 radical (unpaired) electrons. The van der Waals surface area contributed by atoms with Crippen molar-refractivity contribution in [3.63, 3.8) is 0 Å². The first-order valence-electron chi connectivity index (χ1n) is 12.2. The summed E-state index contributed by atoms with van der Waals surface area (Å²) in [7, 11) is 1.65. The zero-order valence-corrected chi connectivity index (χ0v) is 20.6. The molecule has 0 atom stereocenters. The summed E-state index contributed by atoms with van der Waals surface area (Å²) >= 11 is 0. The maximum absolute atomic E-state index is 12.6. The van der Waals surface area contributed by atoms with Crippen LogP contribution in [0, 0.1) is 0 Å². The number of hydrogen-bond donors (Lipinski definition) is 2. The third-order valence-corrected chi connectivity index (χ3v) is 6.29. The molecule has 4 aromatic rings. The molecular formula is C30H28N4O3. The highest BCUT2D eigenvalue weighted by atomic mass is 16.5. The minimum atomic E-state index is -0.110. The summed E-state index contributed by atoms with van der Waals surface area (Å²) in [6.45, 7) is 1.42. The molecule has 0 unspecified atom stereocenters. The molecule has 1 aliphatic heterocycles. The smallest absolute Gasteiger partial charge is 0.251 e. The Morgan fingerprint density at radius 1 is 0.946 bits per heavy atom. The quantitative estimate of drug-likeness (QED) is 0.377. The second-order valence-electron chi connectivity index (χ2n) is 8.90. The summed E-state index contributed by atoms with van der Waals surface area (Å²) in [6, 6.07) is 26.9. The number of anilines is 2. The molecule has 0 aliphatic carbocycles. The summed E-state index contributed by atoms with van der Waals surface area (Å²) in [5, 5.41) is 5.66. The minimum Gasteiger partial charge on any atom is -0.487 e. The molecule has 0 bridgehead atoms. The topological polar surface area (TPSA) is 83.6 Å². The van der Waals surface area contributed by atoms with E-state index in [1.165, 1.54) is 0 Å². The van der Waals surface area contributed by atoms with Gasteiger partial charge in [-0.05, 0) is 53.6 Å². The van der Waals surface area contributed by atoms with Crippen LogP contribution in [0.4, 0.5) is 11.4 Å². The maximum atomic E-state index is 12.6. The van der Waals surface area contributed by atoms with Gasteiger partial charge < -0.3 is 20.3 Å². The summed E-state index contributed by atoms with van der Waals surface area (Å²) in [5.41, 5.74) is 5.17. The van der Waals surface area contributed by atoms with Crippen LogP contribution in [0.1, 0.15) is 15.9 Å². The van der Waals surface area contributed by atoms with Crippen molar-refractivity contribution in [2.75, 3.05) is 30.4 Å². The first kappa shape index (κ1) is 24.1. The lowest BCUT2D eigenvalue weighted by Crippen LogP contribution is -2.54. The van der Waals surface area contributed by atoms with Gasteiger partial charge in [0.05, 0.1) is 19.5 Å². The Balaban J connectivity index is 1.21. The van der Waals surface area contributed by atoms with Crippen molar-refractivity contribution in [2.24, 2.45) is 0 Å². The number of carbonyl (C=O) groups excluding carboxylic acids is 2. The van der Waals surface area contributed by atoms with E-state index >= 15 is 0 Å². The van der Waals surface area contributed by atoms with E-state index in [-0.39, 0.29) is 24.3 Å². The van der Waals surface area contributed by atoms with Crippen LogP contribution in [0.2, 0.25) is 0 Å². The Hall–Kier alpha value is -4.65. The Morgan fingerprint density at radius 3 is 2.43 bits per heavy atom. The third-order valence-electron chi connectivity index (χ3n) is 6.29. The normalized spacial score (nSPS) is 12.9. The molecule has 1 fully saturated rings. The molecule has 2 heterocycles. The monoisotopic (exact) mass is 492 g/mol. The van der Waals surface area contributed by atoms with Crippen LogP contribution >= 0.6 is 0 Å². The highest BCUT2D eigenvalue weighted by Gasteiger charge is 2.31. The standard InChI is InChI=1S/C30H28N4O3/c1-31-30(36)26-10-5-11-27(29(26)22-8-3-2-4-9-22)34-19-25(20-34)37-24-14-12-23(13-15-24)33-28(35)17-21-7-6-16-32-18-21/h2-16,18,25H,17,19-20H2,1H3,(H,31,36)(H,33,35). The fourth-order valence-corrected chi connectivity index (χ4v) is 4.45. The number of amides is 2. The van der Waals surface area contributed by atoms with Gasteiger partial charge in [0, 0.05) is 41.9 Å². The van der Waals surface area contributed by atoms with E-state index in [0.29, 0.717) is 18.7 Å². The number of hydrogen-bond acceptors (Lipinski definition) is 5. The van der Waals surface area contributed by atoms with Gasteiger partial charge in [0.25, 0.3) is 5.91 Å². The third kappa shape index (κ3) is 5.62. The van der Waals surface area contributed by atoms with Gasteiger partial charge in [-0.1, -0.05) is 42.5 Å². The molecule has 37 heavy (non-hydrogen) atoms. The van der Waals surface area contributed by atoms with Gasteiger partial charge in [0.1, 0.15) is 11.9 Å². The number of pyridine rings is 1. The van der Waals surface area contributed by atoms with Crippen molar-refractivity contribution in [1.29, 1.82) is 0 Å². The fourth-order valence-electron chi connectivity index (χ4n) is 4.45. The van der Waals surface area contributed by atoms with Crippen LogP contribution in [-0.2, 0) is 11.2 Å². The van der Waals surface area contributed by atoms with Crippen molar-refractivity contribution >= 4 is 23.2 Å². The largest absolute Gasteiger partial charge is 0.487 e. The molecule has 0 saturated carbocycles. The molecule has 5 rings (SSSR count). The SMILES string of the molecule is CNC(=O)c1cccc(N2CC(Oc3ccc(NC(=O)Cc4cccnc4)cc3)C2)c1-c1ccccc1. The molecule has 2 N–H and O–H groups in total.